The molecular weight excluding hydrogens is 312 g/mol. The van der Waals surface area contributed by atoms with Gasteiger partial charge in [-0.15, -0.1) is 0 Å². The van der Waals surface area contributed by atoms with Gasteiger partial charge in [-0.1, -0.05) is 81.3 Å². The van der Waals surface area contributed by atoms with E-state index in [4.69, 9.17) is 0 Å². The Kier molecular flexibility index (Phi) is 5.29. The summed E-state index contributed by atoms with van der Waals surface area (Å²) in [4.78, 5) is 0. The Morgan fingerprint density at radius 2 is 1.19 bits per heavy atom. The molecule has 0 N–H and O–H groups in total. The summed E-state index contributed by atoms with van der Waals surface area (Å²) in [7, 11) is 0. The molecule has 136 valence electrons. The van der Waals surface area contributed by atoms with Gasteiger partial charge in [-0.2, -0.15) is 0 Å². The molecule has 2 aromatic carbocycles. The highest BCUT2D eigenvalue weighted by Gasteiger charge is 2.19. The Balaban J connectivity index is 1.46. The molecule has 0 saturated heterocycles. The molecule has 1 saturated carbocycles. The third-order valence-corrected chi connectivity index (χ3v) is 6.66. The molecule has 26 heavy (non-hydrogen) atoms. The highest BCUT2D eigenvalue weighted by Crippen LogP contribution is 2.36. The van der Waals surface area contributed by atoms with Crippen LogP contribution < -0.4 is 0 Å². The first-order valence-electron chi connectivity index (χ1n) is 10.6. The van der Waals surface area contributed by atoms with Crippen molar-refractivity contribution in [2.45, 2.75) is 64.7 Å². The molecular formula is C26H32. The van der Waals surface area contributed by atoms with Crippen molar-refractivity contribution in [3.05, 3.63) is 65.7 Å². The maximum atomic E-state index is 2.45. The summed E-state index contributed by atoms with van der Waals surface area (Å²) < 4.78 is 0. The van der Waals surface area contributed by atoms with Crippen LogP contribution in [0.2, 0.25) is 0 Å². The zero-order chi connectivity index (χ0) is 17.9. The zero-order valence-electron chi connectivity index (χ0n) is 16.4. The fourth-order valence-electron chi connectivity index (χ4n) is 4.65. The first-order valence-corrected chi connectivity index (χ1v) is 10.6. The second kappa shape index (κ2) is 7.82. The minimum atomic E-state index is 0.781. The van der Waals surface area contributed by atoms with Crippen LogP contribution in [-0.2, 0) is 0 Å². The standard InChI is InChI=1S/C26H32/c1-19-3-7-21(8-4-19)23-11-15-25(16-12-23)26-17-13-24(14-18-26)22-9-5-20(2)6-10-22/h7,11-20,22H,3-6,8-10H2,1-2H3/t19?,20-,22-. The molecule has 0 heterocycles. The van der Waals surface area contributed by atoms with Crippen molar-refractivity contribution >= 4 is 5.57 Å². The van der Waals surface area contributed by atoms with Gasteiger partial charge in [-0.25, -0.2) is 0 Å². The number of rotatable bonds is 3. The SMILES string of the molecule is CC1CC=C(c2ccc(-c3ccc([C@H]4CC[C@H](C)CC4)cc3)cc2)CC1. The molecule has 1 fully saturated rings. The molecule has 1 atom stereocenters. The van der Waals surface area contributed by atoms with E-state index in [0.29, 0.717) is 0 Å². The molecule has 2 aliphatic rings. The second-order valence-corrected chi connectivity index (χ2v) is 8.77. The van der Waals surface area contributed by atoms with E-state index in [2.05, 4.69) is 68.5 Å². The lowest BCUT2D eigenvalue weighted by Crippen LogP contribution is -2.10. The summed E-state index contributed by atoms with van der Waals surface area (Å²) in [6.07, 6.45) is 11.8. The fraction of sp³-hybridized carbons (Fsp3) is 0.462. The van der Waals surface area contributed by atoms with Crippen molar-refractivity contribution in [2.75, 3.05) is 0 Å². The number of hydrogen-bond donors (Lipinski definition) is 0. The van der Waals surface area contributed by atoms with E-state index in [1.807, 2.05) is 0 Å². The van der Waals surface area contributed by atoms with Crippen molar-refractivity contribution in [1.82, 2.24) is 0 Å². The minimum absolute atomic E-state index is 0.781. The maximum Gasteiger partial charge on any atom is -0.0162 e. The number of benzene rings is 2. The predicted octanol–water partition coefficient (Wildman–Crippen LogP) is 7.85. The molecule has 2 aromatic rings. The Morgan fingerprint density at radius 1 is 0.615 bits per heavy atom. The van der Waals surface area contributed by atoms with Gasteiger partial charge >= 0.3 is 0 Å². The largest absolute Gasteiger partial charge is 0.0805 e. The van der Waals surface area contributed by atoms with Gasteiger partial charge in [0.2, 0.25) is 0 Å². The van der Waals surface area contributed by atoms with Crippen LogP contribution in [-0.4, -0.2) is 0 Å². The molecule has 0 spiro atoms. The molecule has 0 nitrogen and oxygen atoms in total. The summed E-state index contributed by atoms with van der Waals surface area (Å²) in [6.45, 7) is 4.75. The lowest BCUT2D eigenvalue weighted by Gasteiger charge is -2.26. The summed E-state index contributed by atoms with van der Waals surface area (Å²) in [5, 5.41) is 0. The molecule has 0 heteroatoms. The summed E-state index contributed by atoms with van der Waals surface area (Å²) in [5.41, 5.74) is 7.17. The van der Waals surface area contributed by atoms with Gasteiger partial charge in [-0.05, 0) is 77.7 Å². The van der Waals surface area contributed by atoms with Gasteiger partial charge in [-0.3, -0.25) is 0 Å². The van der Waals surface area contributed by atoms with Crippen LogP contribution >= 0.6 is 0 Å². The van der Waals surface area contributed by atoms with Crippen LogP contribution in [0.15, 0.2) is 54.6 Å². The van der Waals surface area contributed by atoms with E-state index < -0.39 is 0 Å². The van der Waals surface area contributed by atoms with Gasteiger partial charge < -0.3 is 0 Å². The van der Waals surface area contributed by atoms with Gasteiger partial charge in [0.25, 0.3) is 0 Å². The van der Waals surface area contributed by atoms with Crippen molar-refractivity contribution in [1.29, 1.82) is 0 Å². The highest BCUT2D eigenvalue weighted by molar-refractivity contribution is 5.71. The minimum Gasteiger partial charge on any atom is -0.0805 e. The van der Waals surface area contributed by atoms with Crippen molar-refractivity contribution in [2.24, 2.45) is 11.8 Å². The smallest absolute Gasteiger partial charge is 0.0162 e. The first-order chi connectivity index (χ1) is 12.7. The van der Waals surface area contributed by atoms with E-state index in [1.165, 1.54) is 67.2 Å². The van der Waals surface area contributed by atoms with Crippen LogP contribution in [0, 0.1) is 11.8 Å². The van der Waals surface area contributed by atoms with Gasteiger partial charge in [0.1, 0.15) is 0 Å². The molecule has 4 rings (SSSR count). The average Bonchev–Trinajstić information content (AvgIpc) is 2.70. The third kappa shape index (κ3) is 3.95. The predicted molar refractivity (Wildman–Crippen MR) is 113 cm³/mol. The van der Waals surface area contributed by atoms with Crippen LogP contribution in [0.25, 0.3) is 16.7 Å². The van der Waals surface area contributed by atoms with Crippen LogP contribution in [0.3, 0.4) is 0 Å². The Morgan fingerprint density at radius 3 is 1.77 bits per heavy atom. The van der Waals surface area contributed by atoms with E-state index in [9.17, 15) is 0 Å². The van der Waals surface area contributed by atoms with Gasteiger partial charge in [0, 0.05) is 0 Å². The quantitative estimate of drug-likeness (QED) is 0.531. The fourth-order valence-corrected chi connectivity index (χ4v) is 4.65. The normalized spacial score (nSPS) is 26.4. The lowest BCUT2D eigenvalue weighted by atomic mass is 9.79. The van der Waals surface area contributed by atoms with E-state index in [0.717, 1.165) is 17.8 Å². The molecule has 0 aliphatic heterocycles. The Labute approximate surface area is 159 Å². The molecule has 2 aliphatic carbocycles. The highest BCUT2D eigenvalue weighted by atomic mass is 14.2. The summed E-state index contributed by atoms with van der Waals surface area (Å²) in [6, 6.07) is 18.6. The average molecular weight is 345 g/mol. The first kappa shape index (κ1) is 17.6. The molecule has 0 bridgehead atoms. The van der Waals surface area contributed by atoms with E-state index in [-0.39, 0.29) is 0 Å². The van der Waals surface area contributed by atoms with Crippen LogP contribution in [0.5, 0.6) is 0 Å². The van der Waals surface area contributed by atoms with E-state index in [1.54, 1.807) is 5.56 Å². The molecule has 0 amide bonds. The van der Waals surface area contributed by atoms with Crippen molar-refractivity contribution < 1.29 is 0 Å². The second-order valence-electron chi connectivity index (χ2n) is 8.77. The summed E-state index contributed by atoms with van der Waals surface area (Å²) >= 11 is 0. The third-order valence-electron chi connectivity index (χ3n) is 6.66. The van der Waals surface area contributed by atoms with Gasteiger partial charge in [0.05, 0.1) is 0 Å². The number of allylic oxidation sites excluding steroid dienone is 2. The van der Waals surface area contributed by atoms with Crippen LogP contribution in [0.4, 0.5) is 0 Å². The van der Waals surface area contributed by atoms with Crippen molar-refractivity contribution in [3.8, 4) is 11.1 Å². The molecule has 1 unspecified atom stereocenters. The monoisotopic (exact) mass is 344 g/mol. The molecule has 0 radical (unpaired) electrons. The Bertz CT molecular complexity index is 740. The Hall–Kier alpha value is -1.82. The molecule has 0 aromatic heterocycles. The summed E-state index contributed by atoms with van der Waals surface area (Å²) in [5.74, 6) is 2.55. The zero-order valence-corrected chi connectivity index (χ0v) is 16.4. The van der Waals surface area contributed by atoms with Crippen LogP contribution in [0.1, 0.15) is 75.8 Å². The van der Waals surface area contributed by atoms with Gasteiger partial charge in [0.15, 0.2) is 0 Å². The lowest BCUT2D eigenvalue weighted by molar-refractivity contribution is 0.348. The topological polar surface area (TPSA) is 0 Å². The maximum absolute atomic E-state index is 2.45. The van der Waals surface area contributed by atoms with E-state index >= 15 is 0 Å². The van der Waals surface area contributed by atoms with Crippen molar-refractivity contribution in [3.63, 3.8) is 0 Å². The number of hydrogen-bond acceptors (Lipinski definition) is 0.